The van der Waals surface area contributed by atoms with Crippen LogP contribution < -0.4 is 14.4 Å². The van der Waals surface area contributed by atoms with Crippen molar-refractivity contribution in [1.29, 1.82) is 0 Å². The fraction of sp³-hybridized carbons (Fsp3) is 0.436. The van der Waals surface area contributed by atoms with Crippen LogP contribution in [0.15, 0.2) is 47.7 Å². The van der Waals surface area contributed by atoms with Gasteiger partial charge in [-0.1, -0.05) is 29.2 Å². The Balaban J connectivity index is 1.26. The number of benzene rings is 2. The lowest BCUT2D eigenvalue weighted by molar-refractivity contribution is 0.0512. The van der Waals surface area contributed by atoms with E-state index in [2.05, 4.69) is 29.7 Å². The predicted molar refractivity (Wildman–Crippen MR) is 192 cm³/mol. The number of anilines is 1. The number of carboxylic acid groups (broad SMARTS) is 1. The Kier molecular flexibility index (Phi) is 8.43. The van der Waals surface area contributed by atoms with E-state index in [-0.39, 0.29) is 41.6 Å². The van der Waals surface area contributed by atoms with E-state index >= 15 is 4.39 Å². The molecule has 1 unspecified atom stereocenters. The summed E-state index contributed by atoms with van der Waals surface area (Å²) in [5, 5.41) is 11.8. The van der Waals surface area contributed by atoms with Gasteiger partial charge >= 0.3 is 12.1 Å². The van der Waals surface area contributed by atoms with E-state index in [1.54, 1.807) is 17.2 Å². The first kappa shape index (κ1) is 33.2. The van der Waals surface area contributed by atoms with E-state index < -0.39 is 11.9 Å². The summed E-state index contributed by atoms with van der Waals surface area (Å²) < 4.78 is 34.6. The van der Waals surface area contributed by atoms with Crippen LogP contribution >= 0.6 is 0 Å². The van der Waals surface area contributed by atoms with Crippen LogP contribution in [0.1, 0.15) is 51.5 Å². The Labute approximate surface area is 296 Å². The van der Waals surface area contributed by atoms with Gasteiger partial charge in [-0.05, 0) is 76.1 Å². The zero-order valence-corrected chi connectivity index (χ0v) is 29.1. The van der Waals surface area contributed by atoms with Crippen LogP contribution in [0.2, 0.25) is 0 Å². The summed E-state index contributed by atoms with van der Waals surface area (Å²) in [6, 6.07) is 8.81. The minimum absolute atomic E-state index is 0.00977. The molecule has 4 aliphatic heterocycles. The second kappa shape index (κ2) is 13.0. The molecule has 2 aromatic carbocycles. The number of rotatable bonds is 8. The number of pyridine rings is 1. The van der Waals surface area contributed by atoms with Crippen molar-refractivity contribution in [2.24, 2.45) is 0 Å². The molecule has 1 amide bonds. The fourth-order valence-corrected chi connectivity index (χ4v) is 8.69. The summed E-state index contributed by atoms with van der Waals surface area (Å²) in [6.07, 6.45) is 11.1. The topological polar surface area (TPSA) is 113 Å². The van der Waals surface area contributed by atoms with Gasteiger partial charge < -0.3 is 24.2 Å². The number of ether oxygens (including phenoxy) is 3. The molecule has 264 valence electrons. The molecule has 6 heterocycles. The summed E-state index contributed by atoms with van der Waals surface area (Å²) in [5.41, 5.74) is 3.79. The van der Waals surface area contributed by atoms with Crippen molar-refractivity contribution in [3.8, 4) is 35.4 Å². The predicted octanol–water partition coefficient (Wildman–Crippen LogP) is 6.23. The van der Waals surface area contributed by atoms with Crippen molar-refractivity contribution in [1.82, 2.24) is 24.8 Å². The maximum atomic E-state index is 17.2. The molecule has 2 aromatic heterocycles. The Hall–Kier alpha value is -4.99. The summed E-state index contributed by atoms with van der Waals surface area (Å²) in [6.45, 7) is 7.48. The van der Waals surface area contributed by atoms with Crippen LogP contribution in [0.4, 0.5) is 15.0 Å². The monoisotopic (exact) mass is 692 g/mol. The molecular weight excluding hydrogens is 651 g/mol. The van der Waals surface area contributed by atoms with E-state index in [0.29, 0.717) is 53.2 Å². The Morgan fingerprint density at radius 3 is 2.69 bits per heavy atom. The SMILES string of the molecule is C#Cc1cccc2cc(OCOC)cc(-c3ncc4c(N5C[C@H]6CC[C@@H](C5)N6C(=O)O)nc(OCC56CCCN5CC(=C(C)C)C6)nc4c3F)c12. The molecule has 0 spiro atoms. The zero-order chi connectivity index (χ0) is 35.4. The number of carbonyl (C=O) groups is 1. The molecule has 8 rings (SSSR count). The number of hydrogen-bond acceptors (Lipinski definition) is 9. The van der Waals surface area contributed by atoms with Gasteiger partial charge in [-0.15, -0.1) is 6.42 Å². The number of halogens is 1. The molecule has 4 saturated heterocycles. The van der Waals surface area contributed by atoms with Gasteiger partial charge in [0.05, 0.1) is 23.0 Å². The maximum Gasteiger partial charge on any atom is 0.407 e. The Morgan fingerprint density at radius 1 is 1.16 bits per heavy atom. The Bertz CT molecular complexity index is 2120. The molecule has 1 N–H and O–H groups in total. The number of hydrogen-bond donors (Lipinski definition) is 1. The van der Waals surface area contributed by atoms with Crippen LogP contribution in [0.3, 0.4) is 0 Å². The molecular formula is C39H41FN6O5. The number of fused-ring (bicyclic) bond motifs is 5. The highest BCUT2D eigenvalue weighted by Crippen LogP contribution is 2.44. The lowest BCUT2D eigenvalue weighted by Gasteiger charge is -2.40. The summed E-state index contributed by atoms with van der Waals surface area (Å²) in [5.74, 6) is 3.05. The standard InChI is InChI=1S/C39H41FN6O5/c1-5-24-8-6-9-25-14-29(51-22-49-4)15-30(32(24)25)34-33(40)35-31(17-41-34)36(44-19-27-10-11-28(20-44)46(27)38(47)48)43-37(42-35)50-21-39-12-7-13-45(39)18-26(16-39)23(2)3/h1,6,8-9,14-15,17,27-28H,7,10-13,16,18-22H2,2-4H3,(H,47,48)/t27-,28+,39?. The normalized spacial score (nSPS) is 22.8. The molecule has 11 nitrogen and oxygen atoms in total. The number of nitrogens with zero attached hydrogens (tertiary/aromatic N) is 6. The molecule has 3 atom stereocenters. The van der Waals surface area contributed by atoms with Gasteiger partial charge in [0, 0.05) is 49.5 Å². The van der Waals surface area contributed by atoms with Crippen molar-refractivity contribution in [2.45, 2.75) is 63.6 Å². The third-order valence-corrected chi connectivity index (χ3v) is 11.2. The first-order valence-electron chi connectivity index (χ1n) is 17.5. The molecule has 2 bridgehead atoms. The first-order valence-corrected chi connectivity index (χ1v) is 17.5. The summed E-state index contributed by atoms with van der Waals surface area (Å²) in [4.78, 5) is 32.5. The lowest BCUT2D eigenvalue weighted by atomic mass is 9.92. The molecule has 0 radical (unpaired) electrons. The molecule has 12 heteroatoms. The molecule has 4 aromatic rings. The minimum atomic E-state index is -0.918. The highest BCUT2D eigenvalue weighted by molar-refractivity contribution is 6.03. The van der Waals surface area contributed by atoms with Crippen molar-refractivity contribution in [3.63, 3.8) is 0 Å². The van der Waals surface area contributed by atoms with Crippen LogP contribution in [-0.4, -0.2) is 100 Å². The van der Waals surface area contributed by atoms with Crippen molar-refractivity contribution >= 4 is 33.6 Å². The van der Waals surface area contributed by atoms with Gasteiger partial charge in [0.25, 0.3) is 0 Å². The third-order valence-electron chi connectivity index (χ3n) is 11.2. The van der Waals surface area contributed by atoms with Crippen LogP contribution in [0.5, 0.6) is 11.8 Å². The number of amides is 1. The maximum absolute atomic E-state index is 17.2. The molecule has 4 fully saturated rings. The number of methoxy groups -OCH3 is 1. The number of aromatic nitrogens is 3. The molecule has 51 heavy (non-hydrogen) atoms. The van der Waals surface area contributed by atoms with Crippen molar-refractivity contribution in [3.05, 3.63) is 59.1 Å². The van der Waals surface area contributed by atoms with E-state index in [4.69, 9.17) is 30.6 Å². The number of piperazine rings is 1. The molecule has 4 aliphatic rings. The fourth-order valence-electron chi connectivity index (χ4n) is 8.69. The van der Waals surface area contributed by atoms with Gasteiger partial charge in [-0.3, -0.25) is 14.8 Å². The lowest BCUT2D eigenvalue weighted by Crippen LogP contribution is -2.55. The van der Waals surface area contributed by atoms with Crippen molar-refractivity contribution in [2.75, 3.05) is 51.6 Å². The average molecular weight is 693 g/mol. The van der Waals surface area contributed by atoms with Crippen LogP contribution in [-0.2, 0) is 4.74 Å². The van der Waals surface area contributed by atoms with E-state index in [1.165, 1.54) is 18.3 Å². The summed E-state index contributed by atoms with van der Waals surface area (Å²) >= 11 is 0. The van der Waals surface area contributed by atoms with Gasteiger partial charge in [0.2, 0.25) is 0 Å². The highest BCUT2D eigenvalue weighted by atomic mass is 19.1. The Morgan fingerprint density at radius 2 is 1.96 bits per heavy atom. The molecule has 0 saturated carbocycles. The van der Waals surface area contributed by atoms with Gasteiger partial charge in [-0.2, -0.15) is 9.97 Å². The zero-order valence-electron chi connectivity index (χ0n) is 29.1. The van der Waals surface area contributed by atoms with Gasteiger partial charge in [0.15, 0.2) is 12.6 Å². The second-order valence-electron chi connectivity index (χ2n) is 14.4. The van der Waals surface area contributed by atoms with E-state index in [9.17, 15) is 9.90 Å². The van der Waals surface area contributed by atoms with E-state index in [1.807, 2.05) is 29.2 Å². The van der Waals surface area contributed by atoms with Crippen LogP contribution in [0, 0.1) is 18.2 Å². The average Bonchev–Trinajstić information content (AvgIpc) is 3.77. The number of terminal acetylenes is 1. The first-order chi connectivity index (χ1) is 24.7. The number of allylic oxidation sites excluding steroid dienone is 1. The minimum Gasteiger partial charge on any atom is -0.468 e. The highest BCUT2D eigenvalue weighted by Gasteiger charge is 2.48. The van der Waals surface area contributed by atoms with E-state index in [0.717, 1.165) is 50.6 Å². The summed E-state index contributed by atoms with van der Waals surface area (Å²) in [7, 11) is 1.53. The van der Waals surface area contributed by atoms with Crippen molar-refractivity contribution < 1.29 is 28.5 Å². The third kappa shape index (κ3) is 5.69. The van der Waals surface area contributed by atoms with Gasteiger partial charge in [0.1, 0.15) is 29.4 Å². The second-order valence-corrected chi connectivity index (χ2v) is 14.4. The molecule has 0 aliphatic carbocycles. The van der Waals surface area contributed by atoms with Gasteiger partial charge in [-0.25, -0.2) is 9.18 Å². The van der Waals surface area contributed by atoms with Crippen LogP contribution in [0.25, 0.3) is 32.9 Å². The quantitative estimate of drug-likeness (QED) is 0.130. The smallest absolute Gasteiger partial charge is 0.407 e. The largest absolute Gasteiger partial charge is 0.468 e.